The number of amides is 2. The van der Waals surface area contributed by atoms with Crippen molar-refractivity contribution in [1.29, 1.82) is 0 Å². The maximum absolute atomic E-state index is 11.8. The van der Waals surface area contributed by atoms with Crippen molar-refractivity contribution in [3.05, 3.63) is 71.8 Å². The van der Waals surface area contributed by atoms with Crippen molar-refractivity contribution in [3.63, 3.8) is 0 Å². The molecule has 2 aromatic carbocycles. The summed E-state index contributed by atoms with van der Waals surface area (Å²) in [6.45, 7) is 4.02. The van der Waals surface area contributed by atoms with Crippen molar-refractivity contribution < 1.29 is 9.59 Å². The van der Waals surface area contributed by atoms with Gasteiger partial charge in [-0.3, -0.25) is 9.59 Å². The highest BCUT2D eigenvalue weighted by atomic mass is 16.2. The largest absolute Gasteiger partial charge is 0.273 e. The first-order chi connectivity index (χ1) is 14.1. The zero-order chi connectivity index (χ0) is 20.9. The van der Waals surface area contributed by atoms with Crippen LogP contribution in [0.5, 0.6) is 0 Å². The highest BCUT2D eigenvalue weighted by Crippen LogP contribution is 2.12. The number of benzene rings is 2. The van der Waals surface area contributed by atoms with Crippen LogP contribution in [-0.2, 0) is 9.59 Å². The van der Waals surface area contributed by atoms with Crippen molar-refractivity contribution in [2.75, 3.05) is 0 Å². The van der Waals surface area contributed by atoms with Gasteiger partial charge in [0.15, 0.2) is 0 Å². The Bertz CT molecular complexity index is 750. The molecule has 0 heterocycles. The van der Waals surface area contributed by atoms with E-state index in [1.54, 1.807) is 12.4 Å². The second-order valence-electron chi connectivity index (χ2n) is 6.88. The molecule has 0 fully saturated rings. The molecule has 2 aromatic rings. The summed E-state index contributed by atoms with van der Waals surface area (Å²) < 4.78 is 0. The molecule has 0 aliphatic heterocycles. The normalized spacial score (nSPS) is 13.3. The molecule has 0 saturated carbocycles. The van der Waals surface area contributed by atoms with Crippen LogP contribution in [0.25, 0.3) is 0 Å². The predicted octanol–water partition coefficient (Wildman–Crippen LogP) is 3.97. The van der Waals surface area contributed by atoms with Crippen LogP contribution in [0.4, 0.5) is 0 Å². The molecule has 29 heavy (non-hydrogen) atoms. The monoisotopic (exact) mass is 392 g/mol. The molecule has 0 bridgehead atoms. The zero-order valence-electron chi connectivity index (χ0n) is 16.9. The van der Waals surface area contributed by atoms with Crippen LogP contribution in [0.2, 0.25) is 0 Å². The molecule has 2 atom stereocenters. The van der Waals surface area contributed by atoms with Gasteiger partial charge >= 0.3 is 0 Å². The summed E-state index contributed by atoms with van der Waals surface area (Å²) in [5, 5.41) is 7.99. The number of hydrogen-bond donors (Lipinski definition) is 2. The van der Waals surface area contributed by atoms with Gasteiger partial charge < -0.3 is 0 Å². The van der Waals surface area contributed by atoms with E-state index in [1.165, 1.54) is 0 Å². The first-order valence-electron chi connectivity index (χ1n) is 9.80. The Balaban J connectivity index is 1.61. The molecule has 0 aliphatic carbocycles. The Morgan fingerprint density at radius 2 is 1.14 bits per heavy atom. The summed E-state index contributed by atoms with van der Waals surface area (Å²) in [4.78, 5) is 23.6. The van der Waals surface area contributed by atoms with Crippen LogP contribution in [0.15, 0.2) is 70.9 Å². The van der Waals surface area contributed by atoms with E-state index < -0.39 is 0 Å². The Labute approximate surface area is 172 Å². The van der Waals surface area contributed by atoms with Gasteiger partial charge in [-0.05, 0) is 17.5 Å². The Kier molecular flexibility index (Phi) is 9.29. The lowest BCUT2D eigenvalue weighted by atomic mass is 10.0. The maximum atomic E-state index is 11.8. The molecule has 0 spiro atoms. The fourth-order valence-corrected chi connectivity index (χ4v) is 2.65. The van der Waals surface area contributed by atoms with Crippen molar-refractivity contribution in [3.8, 4) is 0 Å². The van der Waals surface area contributed by atoms with Crippen LogP contribution in [0.3, 0.4) is 0 Å². The van der Waals surface area contributed by atoms with Crippen LogP contribution in [0, 0.1) is 0 Å². The van der Waals surface area contributed by atoms with Gasteiger partial charge in [-0.2, -0.15) is 10.2 Å². The highest BCUT2D eigenvalue weighted by molar-refractivity contribution is 5.80. The number of rotatable bonds is 10. The van der Waals surface area contributed by atoms with E-state index in [0.29, 0.717) is 6.42 Å². The van der Waals surface area contributed by atoms with E-state index in [4.69, 9.17) is 0 Å². The molecule has 2 rings (SSSR count). The smallest absolute Gasteiger partial charge is 0.240 e. The van der Waals surface area contributed by atoms with Gasteiger partial charge in [0, 0.05) is 37.1 Å². The summed E-state index contributed by atoms with van der Waals surface area (Å²) in [6.07, 6.45) is 4.29. The van der Waals surface area contributed by atoms with Gasteiger partial charge in [0.25, 0.3) is 0 Å². The second-order valence-corrected chi connectivity index (χ2v) is 6.88. The lowest BCUT2D eigenvalue weighted by Crippen LogP contribution is -2.20. The minimum absolute atomic E-state index is 0.110. The fourth-order valence-electron chi connectivity index (χ4n) is 2.65. The van der Waals surface area contributed by atoms with Gasteiger partial charge in [0.05, 0.1) is 0 Å². The van der Waals surface area contributed by atoms with Gasteiger partial charge in [-0.1, -0.05) is 74.5 Å². The van der Waals surface area contributed by atoms with Crippen molar-refractivity contribution in [2.24, 2.45) is 10.2 Å². The van der Waals surface area contributed by atoms with Crippen molar-refractivity contribution >= 4 is 24.2 Å². The number of carbonyl (C=O) groups excluding carboxylic acids is 2. The molecule has 152 valence electrons. The average molecular weight is 393 g/mol. The predicted molar refractivity (Wildman–Crippen MR) is 117 cm³/mol. The number of hydrazone groups is 2. The standard InChI is InChI=1S/C23H28N4O2/c1-18(20-10-5-3-6-11-20)16-24-26-22(28)14-9-15-23(29)27-25-17-19(2)21-12-7-4-8-13-21/h3-8,10-13,16-19H,9,14-15H2,1-2H3,(H,26,28)(H,27,29)/b24-16+,25-17+. The van der Waals surface area contributed by atoms with E-state index in [1.807, 2.05) is 74.5 Å². The maximum Gasteiger partial charge on any atom is 0.240 e. The zero-order valence-corrected chi connectivity index (χ0v) is 16.9. The van der Waals surface area contributed by atoms with E-state index >= 15 is 0 Å². The van der Waals surface area contributed by atoms with Gasteiger partial charge in [0.2, 0.25) is 11.8 Å². The van der Waals surface area contributed by atoms with Crippen molar-refractivity contribution in [1.82, 2.24) is 10.9 Å². The fraction of sp³-hybridized carbons (Fsp3) is 0.304. The molecular weight excluding hydrogens is 364 g/mol. The van der Waals surface area contributed by atoms with E-state index in [9.17, 15) is 9.59 Å². The SMILES string of the molecule is CC(/C=N/NC(=O)CCCC(=O)N/N=C/C(C)c1ccccc1)c1ccccc1. The molecule has 2 N–H and O–H groups in total. The third-order valence-electron chi connectivity index (χ3n) is 4.43. The molecule has 2 amide bonds. The lowest BCUT2D eigenvalue weighted by molar-refractivity contribution is -0.122. The first kappa shape index (κ1) is 22.0. The van der Waals surface area contributed by atoms with Crippen LogP contribution >= 0.6 is 0 Å². The molecule has 0 radical (unpaired) electrons. The van der Waals surface area contributed by atoms with E-state index in [-0.39, 0.29) is 36.5 Å². The minimum atomic E-state index is -0.212. The van der Waals surface area contributed by atoms with Crippen LogP contribution in [0.1, 0.15) is 56.1 Å². The number of nitrogens with zero attached hydrogens (tertiary/aromatic N) is 2. The second kappa shape index (κ2) is 12.2. The number of hydrogen-bond acceptors (Lipinski definition) is 4. The molecular formula is C23H28N4O2. The average Bonchev–Trinajstić information content (AvgIpc) is 2.75. The quantitative estimate of drug-likeness (QED) is 0.474. The van der Waals surface area contributed by atoms with Crippen molar-refractivity contribution in [2.45, 2.75) is 44.9 Å². The molecule has 6 heteroatoms. The number of carbonyl (C=O) groups is 2. The third kappa shape index (κ3) is 8.51. The van der Waals surface area contributed by atoms with Gasteiger partial charge in [0.1, 0.15) is 0 Å². The summed E-state index contributed by atoms with van der Waals surface area (Å²) in [6, 6.07) is 19.8. The summed E-state index contributed by atoms with van der Waals surface area (Å²) >= 11 is 0. The summed E-state index contributed by atoms with van der Waals surface area (Å²) in [5.74, 6) is -0.206. The van der Waals surface area contributed by atoms with Gasteiger partial charge in [-0.15, -0.1) is 0 Å². The third-order valence-corrected chi connectivity index (χ3v) is 4.43. The Morgan fingerprint density at radius 3 is 1.52 bits per heavy atom. The molecule has 2 unspecified atom stereocenters. The molecule has 0 aromatic heterocycles. The Hall–Kier alpha value is -3.28. The summed E-state index contributed by atoms with van der Waals surface area (Å²) in [5.41, 5.74) is 7.26. The summed E-state index contributed by atoms with van der Waals surface area (Å²) in [7, 11) is 0. The lowest BCUT2D eigenvalue weighted by Gasteiger charge is -2.06. The highest BCUT2D eigenvalue weighted by Gasteiger charge is 2.06. The molecule has 6 nitrogen and oxygen atoms in total. The topological polar surface area (TPSA) is 82.9 Å². The molecule has 0 saturated heterocycles. The molecule has 0 aliphatic rings. The Morgan fingerprint density at radius 1 is 0.759 bits per heavy atom. The first-order valence-corrected chi connectivity index (χ1v) is 9.80. The minimum Gasteiger partial charge on any atom is -0.273 e. The van der Waals surface area contributed by atoms with Crippen LogP contribution < -0.4 is 10.9 Å². The van der Waals surface area contributed by atoms with Crippen LogP contribution in [-0.4, -0.2) is 24.2 Å². The van der Waals surface area contributed by atoms with E-state index in [2.05, 4.69) is 21.1 Å². The van der Waals surface area contributed by atoms with Gasteiger partial charge in [-0.25, -0.2) is 10.9 Å². The number of nitrogens with one attached hydrogen (secondary N) is 2. The van der Waals surface area contributed by atoms with E-state index in [0.717, 1.165) is 11.1 Å².